The second-order valence-electron chi connectivity index (χ2n) is 4.78. The molecule has 1 rings (SSSR count). The number of aromatic amines is 1. The van der Waals surface area contributed by atoms with Gasteiger partial charge in [-0.05, 0) is 19.8 Å². The molecule has 0 atom stereocenters. The fraction of sp³-hybridized carbons (Fsp3) is 0.643. The molecule has 112 valence electrons. The number of aryl methyl sites for hydroxylation is 1. The molecular formula is C14H22N2O3S. The van der Waals surface area contributed by atoms with Crippen LogP contribution in [0.1, 0.15) is 50.3 Å². The van der Waals surface area contributed by atoms with Gasteiger partial charge < -0.3 is 10.1 Å². The van der Waals surface area contributed by atoms with Gasteiger partial charge in [0, 0.05) is 11.3 Å². The zero-order valence-electron chi connectivity index (χ0n) is 12.1. The van der Waals surface area contributed by atoms with Gasteiger partial charge in [-0.3, -0.25) is 9.59 Å². The molecule has 0 aliphatic heterocycles. The standard InChI is InChI=1S/C14H22N2O3S/c1-3-4-5-6-7-8-11-10(2)15-14(16-13(11)19)20-9-12(17)18/h3-9H2,1-2H3,(H,17,18)(H,15,16,19). The molecular weight excluding hydrogens is 276 g/mol. The number of nitrogens with zero attached hydrogens (tertiary/aromatic N) is 1. The lowest BCUT2D eigenvalue weighted by Gasteiger charge is -2.06. The van der Waals surface area contributed by atoms with E-state index in [1.54, 1.807) is 6.92 Å². The number of nitrogens with one attached hydrogen (secondary N) is 1. The smallest absolute Gasteiger partial charge is 0.313 e. The number of unbranched alkanes of at least 4 members (excludes halogenated alkanes) is 4. The Bertz CT molecular complexity index is 500. The van der Waals surface area contributed by atoms with Crippen LogP contribution in [-0.2, 0) is 11.2 Å². The molecule has 0 radical (unpaired) electrons. The minimum Gasteiger partial charge on any atom is -0.481 e. The molecule has 0 unspecified atom stereocenters. The van der Waals surface area contributed by atoms with Crippen molar-refractivity contribution >= 4 is 17.7 Å². The van der Waals surface area contributed by atoms with Gasteiger partial charge in [0.05, 0.1) is 5.75 Å². The highest BCUT2D eigenvalue weighted by Crippen LogP contribution is 2.14. The first-order valence-electron chi connectivity index (χ1n) is 6.99. The lowest BCUT2D eigenvalue weighted by Crippen LogP contribution is -2.17. The van der Waals surface area contributed by atoms with Crippen molar-refractivity contribution in [3.63, 3.8) is 0 Å². The van der Waals surface area contributed by atoms with E-state index in [4.69, 9.17) is 5.11 Å². The second kappa shape index (κ2) is 8.79. The number of hydrogen-bond acceptors (Lipinski definition) is 4. The molecule has 20 heavy (non-hydrogen) atoms. The monoisotopic (exact) mass is 298 g/mol. The number of thioether (sulfide) groups is 1. The average molecular weight is 298 g/mol. The van der Waals surface area contributed by atoms with E-state index >= 15 is 0 Å². The quantitative estimate of drug-likeness (QED) is 0.416. The Balaban J connectivity index is 2.60. The topological polar surface area (TPSA) is 83.0 Å². The maximum atomic E-state index is 12.0. The van der Waals surface area contributed by atoms with Gasteiger partial charge in [0.2, 0.25) is 0 Å². The van der Waals surface area contributed by atoms with E-state index in [0.29, 0.717) is 10.9 Å². The molecule has 0 amide bonds. The predicted octanol–water partition coefficient (Wildman–Crippen LogP) is 2.77. The zero-order valence-corrected chi connectivity index (χ0v) is 12.9. The van der Waals surface area contributed by atoms with E-state index in [2.05, 4.69) is 16.9 Å². The van der Waals surface area contributed by atoms with Gasteiger partial charge in [-0.25, -0.2) is 4.98 Å². The zero-order chi connectivity index (χ0) is 15.0. The van der Waals surface area contributed by atoms with Crippen molar-refractivity contribution in [2.24, 2.45) is 0 Å². The number of aliphatic carboxylic acids is 1. The van der Waals surface area contributed by atoms with Crippen LogP contribution in [0.3, 0.4) is 0 Å². The van der Waals surface area contributed by atoms with Gasteiger partial charge in [0.15, 0.2) is 5.16 Å². The molecule has 1 heterocycles. The van der Waals surface area contributed by atoms with Crippen LogP contribution in [0.15, 0.2) is 9.95 Å². The van der Waals surface area contributed by atoms with Gasteiger partial charge in [-0.1, -0.05) is 44.4 Å². The van der Waals surface area contributed by atoms with E-state index in [1.807, 2.05) is 0 Å². The summed E-state index contributed by atoms with van der Waals surface area (Å²) in [4.78, 5) is 29.4. The highest BCUT2D eigenvalue weighted by Gasteiger charge is 2.09. The van der Waals surface area contributed by atoms with Crippen LogP contribution in [-0.4, -0.2) is 26.8 Å². The first-order chi connectivity index (χ1) is 9.54. The Morgan fingerprint density at radius 3 is 2.60 bits per heavy atom. The van der Waals surface area contributed by atoms with Crippen LogP contribution in [0.5, 0.6) is 0 Å². The summed E-state index contributed by atoms with van der Waals surface area (Å²) in [5.41, 5.74) is 1.29. The van der Waals surface area contributed by atoms with Crippen LogP contribution in [0.4, 0.5) is 0 Å². The van der Waals surface area contributed by atoms with Crippen molar-refractivity contribution in [3.05, 3.63) is 21.6 Å². The van der Waals surface area contributed by atoms with Gasteiger partial charge in [0.25, 0.3) is 5.56 Å². The maximum Gasteiger partial charge on any atom is 0.313 e. The lowest BCUT2D eigenvalue weighted by molar-refractivity contribution is -0.133. The molecule has 0 bridgehead atoms. The fourth-order valence-corrected chi connectivity index (χ4v) is 2.61. The Labute approximate surface area is 123 Å². The Morgan fingerprint density at radius 1 is 1.30 bits per heavy atom. The van der Waals surface area contributed by atoms with Crippen LogP contribution < -0.4 is 5.56 Å². The van der Waals surface area contributed by atoms with E-state index in [9.17, 15) is 9.59 Å². The van der Waals surface area contributed by atoms with Gasteiger partial charge in [-0.15, -0.1) is 0 Å². The Morgan fingerprint density at radius 2 is 2.00 bits per heavy atom. The molecule has 0 saturated heterocycles. The fourth-order valence-electron chi connectivity index (χ4n) is 1.98. The lowest BCUT2D eigenvalue weighted by atomic mass is 10.1. The number of carboxylic acids is 1. The summed E-state index contributed by atoms with van der Waals surface area (Å²) in [6.07, 6.45) is 6.50. The number of hydrogen-bond donors (Lipinski definition) is 2. The second-order valence-corrected chi connectivity index (χ2v) is 5.75. The molecule has 0 saturated carbocycles. The van der Waals surface area contributed by atoms with Crippen molar-refractivity contribution in [1.82, 2.24) is 9.97 Å². The van der Waals surface area contributed by atoms with Crippen molar-refractivity contribution < 1.29 is 9.90 Å². The number of aromatic nitrogens is 2. The summed E-state index contributed by atoms with van der Waals surface area (Å²) in [6, 6.07) is 0. The number of carboxylic acid groups (broad SMARTS) is 1. The molecule has 6 heteroatoms. The third-order valence-electron chi connectivity index (χ3n) is 3.06. The average Bonchev–Trinajstić information content (AvgIpc) is 2.38. The van der Waals surface area contributed by atoms with Crippen LogP contribution in [0, 0.1) is 6.92 Å². The van der Waals surface area contributed by atoms with Gasteiger partial charge in [-0.2, -0.15) is 0 Å². The molecule has 0 aliphatic carbocycles. The van der Waals surface area contributed by atoms with E-state index in [-0.39, 0.29) is 11.3 Å². The third-order valence-corrected chi connectivity index (χ3v) is 3.92. The summed E-state index contributed by atoms with van der Waals surface area (Å²) >= 11 is 1.03. The molecule has 1 aromatic rings. The molecule has 0 aliphatic rings. The van der Waals surface area contributed by atoms with Crippen LogP contribution >= 0.6 is 11.8 Å². The molecule has 0 fully saturated rings. The molecule has 0 spiro atoms. The maximum absolute atomic E-state index is 12.0. The van der Waals surface area contributed by atoms with E-state index < -0.39 is 5.97 Å². The van der Waals surface area contributed by atoms with Crippen molar-refractivity contribution in [2.45, 2.75) is 57.5 Å². The van der Waals surface area contributed by atoms with Gasteiger partial charge >= 0.3 is 5.97 Å². The minimum absolute atomic E-state index is 0.0985. The normalized spacial score (nSPS) is 10.7. The summed E-state index contributed by atoms with van der Waals surface area (Å²) < 4.78 is 0. The Kier molecular flexibility index (Phi) is 7.36. The highest BCUT2D eigenvalue weighted by atomic mass is 32.2. The predicted molar refractivity (Wildman–Crippen MR) is 80.4 cm³/mol. The summed E-state index contributed by atoms with van der Waals surface area (Å²) in [5.74, 6) is -1.02. The van der Waals surface area contributed by atoms with Gasteiger partial charge in [0.1, 0.15) is 0 Å². The number of rotatable bonds is 9. The molecule has 5 nitrogen and oxygen atoms in total. The largest absolute Gasteiger partial charge is 0.481 e. The summed E-state index contributed by atoms with van der Waals surface area (Å²) in [6.45, 7) is 3.98. The molecule has 1 aromatic heterocycles. The first kappa shape index (κ1) is 16.8. The SMILES string of the molecule is CCCCCCCc1c(C)nc(SCC(=O)O)[nH]c1=O. The van der Waals surface area contributed by atoms with Crippen LogP contribution in [0.2, 0.25) is 0 Å². The van der Waals surface area contributed by atoms with Crippen molar-refractivity contribution in [1.29, 1.82) is 0 Å². The summed E-state index contributed by atoms with van der Waals surface area (Å²) in [5, 5.41) is 8.99. The first-order valence-corrected chi connectivity index (χ1v) is 7.97. The van der Waals surface area contributed by atoms with E-state index in [1.165, 1.54) is 19.3 Å². The highest BCUT2D eigenvalue weighted by molar-refractivity contribution is 7.99. The Hall–Kier alpha value is -1.30. The molecule has 0 aromatic carbocycles. The number of carbonyl (C=O) groups is 1. The summed E-state index contributed by atoms with van der Waals surface area (Å²) in [7, 11) is 0. The third kappa shape index (κ3) is 5.77. The number of H-pyrrole nitrogens is 1. The minimum atomic E-state index is -0.921. The van der Waals surface area contributed by atoms with Crippen molar-refractivity contribution in [3.8, 4) is 0 Å². The van der Waals surface area contributed by atoms with Crippen LogP contribution in [0.25, 0.3) is 0 Å². The molecule has 2 N–H and O–H groups in total. The van der Waals surface area contributed by atoms with E-state index in [0.717, 1.165) is 36.6 Å². The van der Waals surface area contributed by atoms with Crippen molar-refractivity contribution in [2.75, 3.05) is 5.75 Å².